The number of carbonyl (C=O) groups is 1. The maximum atomic E-state index is 12.6. The molecule has 3 rings (SSSR count). The third-order valence-corrected chi connectivity index (χ3v) is 5.36. The molecule has 0 bridgehead atoms. The summed E-state index contributed by atoms with van der Waals surface area (Å²) >= 11 is 13.5. The van der Waals surface area contributed by atoms with Gasteiger partial charge in [-0.3, -0.25) is 4.79 Å². The summed E-state index contributed by atoms with van der Waals surface area (Å²) in [6.07, 6.45) is 0.933. The number of amides is 1. The topological polar surface area (TPSA) is 43.6 Å². The number of rotatable bonds is 5. The largest absolute Gasteiger partial charge is 0.494 e. The van der Waals surface area contributed by atoms with Crippen LogP contribution in [0.3, 0.4) is 0 Å². The zero-order valence-corrected chi connectivity index (χ0v) is 16.8. The molecule has 136 valence electrons. The van der Waals surface area contributed by atoms with Gasteiger partial charge in [-0.05, 0) is 49.7 Å². The van der Waals surface area contributed by atoms with Gasteiger partial charge >= 0.3 is 0 Å². The Hall–Kier alpha value is -1.82. The van der Waals surface area contributed by atoms with Gasteiger partial charge in [0.05, 0.1) is 27.4 Å². The fourth-order valence-corrected chi connectivity index (χ4v) is 4.22. The van der Waals surface area contributed by atoms with Gasteiger partial charge in [-0.1, -0.05) is 41.5 Å². The monoisotopic (exact) mass is 408 g/mol. The molecule has 26 heavy (non-hydrogen) atoms. The number of aromatic nitrogens is 1. The first kappa shape index (κ1) is 19.0. The molecule has 1 aromatic heterocycles. The fourth-order valence-electron chi connectivity index (χ4n) is 2.65. The lowest BCUT2D eigenvalue weighted by Gasteiger charge is -2.05. The van der Waals surface area contributed by atoms with Gasteiger partial charge in [-0.25, -0.2) is 0 Å². The first-order chi connectivity index (χ1) is 12.5. The normalized spacial score (nSPS) is 11.9. The van der Waals surface area contributed by atoms with Gasteiger partial charge in [0.2, 0.25) is 0 Å². The van der Waals surface area contributed by atoms with E-state index in [1.165, 1.54) is 11.3 Å². The molecule has 0 aliphatic heterocycles. The number of ether oxygens (including phenoxy) is 1. The average Bonchev–Trinajstić information content (AvgIpc) is 2.92. The van der Waals surface area contributed by atoms with Crippen molar-refractivity contribution >= 4 is 50.7 Å². The minimum absolute atomic E-state index is 0.299. The van der Waals surface area contributed by atoms with Crippen LogP contribution in [0.2, 0.25) is 10.0 Å². The van der Waals surface area contributed by atoms with Gasteiger partial charge < -0.3 is 9.30 Å². The quantitative estimate of drug-likeness (QED) is 0.554. The highest BCUT2D eigenvalue weighted by molar-refractivity contribution is 7.16. The Morgan fingerprint density at radius 2 is 2.00 bits per heavy atom. The summed E-state index contributed by atoms with van der Waals surface area (Å²) in [4.78, 5) is 17.6. The third-order valence-electron chi connectivity index (χ3n) is 3.77. The van der Waals surface area contributed by atoms with E-state index in [4.69, 9.17) is 27.9 Å². The van der Waals surface area contributed by atoms with E-state index in [-0.39, 0.29) is 5.91 Å². The van der Waals surface area contributed by atoms with E-state index < -0.39 is 0 Å². The number of thiazole rings is 1. The van der Waals surface area contributed by atoms with E-state index >= 15 is 0 Å². The number of nitrogens with zero attached hydrogens (tertiary/aromatic N) is 2. The van der Waals surface area contributed by atoms with E-state index in [1.54, 1.807) is 18.2 Å². The third kappa shape index (κ3) is 3.95. The Bertz CT molecular complexity index is 1020. The summed E-state index contributed by atoms with van der Waals surface area (Å²) in [6.45, 7) is 5.42. The number of aryl methyl sites for hydroxylation is 1. The predicted octanol–water partition coefficient (Wildman–Crippen LogP) is 5.56. The van der Waals surface area contributed by atoms with Crippen molar-refractivity contribution in [3.8, 4) is 5.75 Å². The molecule has 1 heterocycles. The van der Waals surface area contributed by atoms with Crippen molar-refractivity contribution in [2.24, 2.45) is 4.99 Å². The van der Waals surface area contributed by atoms with E-state index in [0.29, 0.717) is 27.0 Å². The van der Waals surface area contributed by atoms with E-state index in [1.807, 2.05) is 25.1 Å². The molecule has 1 amide bonds. The number of hydrogen-bond acceptors (Lipinski definition) is 3. The molecule has 0 saturated carbocycles. The molecule has 0 spiro atoms. The lowest BCUT2D eigenvalue weighted by atomic mass is 10.2. The van der Waals surface area contributed by atoms with Crippen molar-refractivity contribution in [1.29, 1.82) is 0 Å². The molecule has 2 aromatic carbocycles. The summed E-state index contributed by atoms with van der Waals surface area (Å²) in [5.41, 5.74) is 1.38. The van der Waals surface area contributed by atoms with Gasteiger partial charge in [-0.2, -0.15) is 4.99 Å². The number of hydrogen-bond donors (Lipinski definition) is 0. The standard InChI is InChI=1S/C19H18Cl2N2O2S/c1-3-9-23-16-8-6-13(25-4-2)11-17(16)26-19(23)22-18(24)14-7-5-12(20)10-15(14)21/h5-8,10-11H,3-4,9H2,1-2H3. The number of benzene rings is 2. The molecule has 0 aliphatic carbocycles. The highest BCUT2D eigenvalue weighted by atomic mass is 35.5. The Balaban J connectivity index is 2.11. The van der Waals surface area contributed by atoms with Gasteiger partial charge in [0.15, 0.2) is 4.80 Å². The molecule has 0 fully saturated rings. The van der Waals surface area contributed by atoms with Gasteiger partial charge in [-0.15, -0.1) is 0 Å². The number of halogens is 2. The average molecular weight is 409 g/mol. The van der Waals surface area contributed by atoms with Crippen molar-refractivity contribution in [3.63, 3.8) is 0 Å². The fraction of sp³-hybridized carbons (Fsp3) is 0.263. The molecule has 0 N–H and O–H groups in total. The molecule has 0 radical (unpaired) electrons. The maximum absolute atomic E-state index is 12.6. The van der Waals surface area contributed by atoms with Crippen LogP contribution in [0.5, 0.6) is 5.75 Å². The molecule has 0 atom stereocenters. The molecule has 0 aliphatic rings. The second-order valence-electron chi connectivity index (χ2n) is 5.64. The minimum atomic E-state index is -0.381. The molecule has 0 saturated heterocycles. The number of fused-ring (bicyclic) bond motifs is 1. The van der Waals surface area contributed by atoms with Crippen LogP contribution in [-0.2, 0) is 6.54 Å². The summed E-state index contributed by atoms with van der Waals surface area (Å²) in [5.74, 6) is 0.427. The van der Waals surface area contributed by atoms with Crippen LogP contribution < -0.4 is 9.54 Å². The van der Waals surface area contributed by atoms with Crippen molar-refractivity contribution < 1.29 is 9.53 Å². The Labute approximate surface area is 165 Å². The summed E-state index contributed by atoms with van der Waals surface area (Å²) in [7, 11) is 0. The van der Waals surface area contributed by atoms with Crippen molar-refractivity contribution in [2.45, 2.75) is 26.8 Å². The summed E-state index contributed by atoms with van der Waals surface area (Å²) in [5, 5.41) is 0.783. The lowest BCUT2D eigenvalue weighted by molar-refractivity contribution is 0.0998. The zero-order valence-electron chi connectivity index (χ0n) is 14.5. The van der Waals surface area contributed by atoms with Crippen molar-refractivity contribution in [3.05, 3.63) is 56.8 Å². The molecular formula is C19H18Cl2N2O2S. The highest BCUT2D eigenvalue weighted by Gasteiger charge is 2.12. The van der Waals surface area contributed by atoms with Crippen LogP contribution in [0.4, 0.5) is 0 Å². The van der Waals surface area contributed by atoms with E-state index in [0.717, 1.165) is 28.9 Å². The van der Waals surface area contributed by atoms with E-state index in [9.17, 15) is 4.79 Å². The smallest absolute Gasteiger partial charge is 0.281 e. The second kappa shape index (κ2) is 8.25. The van der Waals surface area contributed by atoms with Gasteiger partial charge in [0.25, 0.3) is 5.91 Å². The number of carbonyl (C=O) groups excluding carboxylic acids is 1. The molecular weight excluding hydrogens is 391 g/mol. The maximum Gasteiger partial charge on any atom is 0.281 e. The first-order valence-corrected chi connectivity index (χ1v) is 9.91. The molecule has 4 nitrogen and oxygen atoms in total. The van der Waals surface area contributed by atoms with Crippen molar-refractivity contribution in [2.75, 3.05) is 6.61 Å². The van der Waals surface area contributed by atoms with Crippen molar-refractivity contribution in [1.82, 2.24) is 4.57 Å². The molecule has 0 unspecified atom stereocenters. The minimum Gasteiger partial charge on any atom is -0.494 e. The summed E-state index contributed by atoms with van der Waals surface area (Å²) < 4.78 is 8.65. The molecule has 7 heteroatoms. The Morgan fingerprint density at radius 3 is 2.69 bits per heavy atom. The van der Waals surface area contributed by atoms with Crippen LogP contribution in [0, 0.1) is 0 Å². The predicted molar refractivity (Wildman–Crippen MR) is 108 cm³/mol. The van der Waals surface area contributed by atoms with Crippen LogP contribution in [-0.4, -0.2) is 17.1 Å². The van der Waals surface area contributed by atoms with Crippen LogP contribution in [0.1, 0.15) is 30.6 Å². The SMILES string of the molecule is CCCn1c(=NC(=O)c2ccc(Cl)cc2Cl)sc2cc(OCC)ccc21. The Morgan fingerprint density at radius 1 is 1.19 bits per heavy atom. The van der Waals surface area contributed by atoms with Crippen LogP contribution >= 0.6 is 34.5 Å². The van der Waals surface area contributed by atoms with Crippen LogP contribution in [0.15, 0.2) is 41.4 Å². The zero-order chi connectivity index (χ0) is 18.7. The van der Waals surface area contributed by atoms with E-state index in [2.05, 4.69) is 16.5 Å². The highest BCUT2D eigenvalue weighted by Crippen LogP contribution is 2.25. The second-order valence-corrected chi connectivity index (χ2v) is 7.49. The van der Waals surface area contributed by atoms with Gasteiger partial charge in [0.1, 0.15) is 5.75 Å². The first-order valence-electron chi connectivity index (χ1n) is 8.33. The van der Waals surface area contributed by atoms with Gasteiger partial charge in [0, 0.05) is 11.6 Å². The molecule has 3 aromatic rings. The summed E-state index contributed by atoms with van der Waals surface area (Å²) in [6, 6.07) is 10.7. The Kier molecular flexibility index (Phi) is 6.01. The lowest BCUT2D eigenvalue weighted by Crippen LogP contribution is -2.17. The van der Waals surface area contributed by atoms with Crippen LogP contribution in [0.25, 0.3) is 10.2 Å².